The van der Waals surface area contributed by atoms with Gasteiger partial charge in [0.1, 0.15) is 5.75 Å². The van der Waals surface area contributed by atoms with E-state index in [1.807, 2.05) is 0 Å². The lowest BCUT2D eigenvalue weighted by Gasteiger charge is -2.15. The third-order valence-electron chi connectivity index (χ3n) is 4.66. The van der Waals surface area contributed by atoms with Crippen LogP contribution in [0.5, 0.6) is 5.75 Å². The van der Waals surface area contributed by atoms with E-state index < -0.39 is 0 Å². The lowest BCUT2D eigenvalue weighted by atomic mass is 10.0. The van der Waals surface area contributed by atoms with E-state index in [9.17, 15) is 4.79 Å². The van der Waals surface area contributed by atoms with Gasteiger partial charge in [-0.3, -0.25) is 4.79 Å². The van der Waals surface area contributed by atoms with Crippen LogP contribution >= 0.6 is 11.3 Å². The van der Waals surface area contributed by atoms with Gasteiger partial charge >= 0.3 is 5.97 Å². The van der Waals surface area contributed by atoms with Crippen LogP contribution < -0.4 is 4.74 Å². The molecule has 0 spiro atoms. The highest BCUT2D eigenvalue weighted by Gasteiger charge is 2.23. The van der Waals surface area contributed by atoms with Gasteiger partial charge in [-0.1, -0.05) is 23.8 Å². The van der Waals surface area contributed by atoms with Crippen LogP contribution in [0.15, 0.2) is 30.3 Å². The molecule has 1 aliphatic carbocycles. The molecule has 2 aliphatic rings. The number of aryl methyl sites for hydroxylation is 4. The van der Waals surface area contributed by atoms with Crippen molar-refractivity contribution in [2.45, 2.75) is 34.6 Å². The highest BCUT2D eigenvalue weighted by molar-refractivity contribution is 7.22. The first-order valence-corrected chi connectivity index (χ1v) is 9.22. The predicted molar refractivity (Wildman–Crippen MR) is 106 cm³/mol. The summed E-state index contributed by atoms with van der Waals surface area (Å²) in [5.41, 5.74) is 5.89. The van der Waals surface area contributed by atoms with Crippen molar-refractivity contribution in [1.29, 1.82) is 0 Å². The van der Waals surface area contributed by atoms with Crippen LogP contribution in [0, 0.1) is 27.7 Å². The predicted octanol–water partition coefficient (Wildman–Crippen LogP) is 6.32. The average Bonchev–Trinajstić information content (AvgIpc) is 2.83. The molecule has 0 amide bonds. The summed E-state index contributed by atoms with van der Waals surface area (Å²) in [6.45, 7) is 9.90. The summed E-state index contributed by atoms with van der Waals surface area (Å²) in [5.74, 6) is 0.425. The third-order valence-corrected chi connectivity index (χ3v) is 5.74. The van der Waals surface area contributed by atoms with Crippen molar-refractivity contribution in [3.63, 3.8) is 0 Å². The zero-order valence-electron chi connectivity index (χ0n) is 15.1. The van der Waals surface area contributed by atoms with E-state index in [1.165, 1.54) is 34.4 Å². The van der Waals surface area contributed by atoms with E-state index in [0.717, 1.165) is 26.1 Å². The fourth-order valence-electron chi connectivity index (χ4n) is 3.89. The van der Waals surface area contributed by atoms with E-state index in [1.54, 1.807) is 11.3 Å². The van der Waals surface area contributed by atoms with Gasteiger partial charge in [-0.05, 0) is 67.3 Å². The topological polar surface area (TPSA) is 26.3 Å². The summed E-state index contributed by atoms with van der Waals surface area (Å²) in [5, 5.41) is 3.45. The molecule has 1 aliphatic heterocycles. The lowest BCUT2D eigenvalue weighted by molar-refractivity contribution is -0.131. The van der Waals surface area contributed by atoms with Gasteiger partial charge < -0.3 is 4.74 Å². The van der Waals surface area contributed by atoms with Crippen LogP contribution in [0.2, 0.25) is 0 Å². The summed E-state index contributed by atoms with van der Waals surface area (Å²) in [6.07, 6.45) is 0. The van der Waals surface area contributed by atoms with E-state index in [-0.39, 0.29) is 5.97 Å². The first-order chi connectivity index (χ1) is 11.8. The molecule has 126 valence electrons. The molecule has 0 saturated carbocycles. The molecule has 3 heteroatoms. The highest BCUT2D eigenvalue weighted by atomic mass is 32.1. The number of hydrogen-bond donors (Lipinski definition) is 0. The number of esters is 1. The number of benzene rings is 2. The van der Waals surface area contributed by atoms with Gasteiger partial charge in [-0.15, -0.1) is 11.3 Å². The average molecular weight is 348 g/mol. The van der Waals surface area contributed by atoms with Crippen molar-refractivity contribution in [1.82, 2.24) is 0 Å². The quantitative estimate of drug-likeness (QED) is 0.376. The highest BCUT2D eigenvalue weighted by Crippen LogP contribution is 2.50. The molecular formula is C22H20O2S. The van der Waals surface area contributed by atoms with E-state index >= 15 is 0 Å². The Morgan fingerprint density at radius 2 is 1.52 bits per heavy atom. The molecule has 25 heavy (non-hydrogen) atoms. The van der Waals surface area contributed by atoms with Gasteiger partial charge in [-0.25, -0.2) is 0 Å². The van der Waals surface area contributed by atoms with Gasteiger partial charge in [0.25, 0.3) is 0 Å². The number of fused-ring (bicyclic) bond motifs is 4. The van der Waals surface area contributed by atoms with E-state index in [0.29, 0.717) is 5.75 Å². The normalized spacial score (nSPS) is 11.6. The molecule has 0 aromatic heterocycles. The van der Waals surface area contributed by atoms with Crippen molar-refractivity contribution in [2.24, 2.45) is 0 Å². The second-order valence-corrected chi connectivity index (χ2v) is 7.99. The second kappa shape index (κ2) is 5.57. The molecule has 2 nitrogen and oxygen atoms in total. The minimum absolute atomic E-state index is 0.280. The van der Waals surface area contributed by atoms with Gasteiger partial charge in [0, 0.05) is 27.5 Å². The van der Waals surface area contributed by atoms with Crippen molar-refractivity contribution < 1.29 is 9.53 Å². The number of carbonyl (C=O) groups is 1. The second-order valence-electron chi connectivity index (χ2n) is 6.91. The number of carbonyl (C=O) groups excluding carboxylic acids is 1. The maximum atomic E-state index is 11.9. The Morgan fingerprint density at radius 1 is 0.880 bits per heavy atom. The zero-order valence-corrected chi connectivity index (χ0v) is 15.9. The standard InChI is InChI=1S/C22H20O2S/c1-11-6-13(3)19-16(8-11)10-18-21(19)22(24-15(5)23)20-14(4)7-12(2)9-17(20)25-18/h6-10H,1-5H3. The monoisotopic (exact) mass is 348 g/mol. The minimum atomic E-state index is -0.280. The molecule has 0 bridgehead atoms. The molecule has 0 atom stereocenters. The maximum absolute atomic E-state index is 11.9. The SMILES string of the molecule is CC(=O)Oc1c2c3c(C)cc(C)cc3cc-2sc2cc(C)cc(C)c12. The summed E-state index contributed by atoms with van der Waals surface area (Å²) in [6, 6.07) is 10.9. The Labute approximate surface area is 151 Å². The molecule has 0 fully saturated rings. The Morgan fingerprint density at radius 3 is 2.20 bits per heavy atom. The summed E-state index contributed by atoms with van der Waals surface area (Å²) < 4.78 is 6.94. The van der Waals surface area contributed by atoms with Gasteiger partial charge in [0.15, 0.2) is 0 Å². The van der Waals surface area contributed by atoms with Crippen LogP contribution in [0.3, 0.4) is 0 Å². The van der Waals surface area contributed by atoms with Crippen molar-refractivity contribution >= 4 is 38.2 Å². The van der Waals surface area contributed by atoms with Crippen molar-refractivity contribution in [3.05, 3.63) is 52.6 Å². The molecule has 0 saturated heterocycles. The van der Waals surface area contributed by atoms with E-state index in [4.69, 9.17) is 4.74 Å². The molecule has 1 heterocycles. The number of hydrogen-bond acceptors (Lipinski definition) is 3. The summed E-state index contributed by atoms with van der Waals surface area (Å²) in [7, 11) is 0. The molecule has 0 unspecified atom stereocenters. The van der Waals surface area contributed by atoms with Crippen LogP contribution in [-0.4, -0.2) is 5.97 Å². The Hall–Kier alpha value is -2.39. The molecule has 4 rings (SSSR count). The van der Waals surface area contributed by atoms with Crippen LogP contribution in [0.1, 0.15) is 29.2 Å². The van der Waals surface area contributed by atoms with Gasteiger partial charge in [0.05, 0.1) is 0 Å². The molecular weight excluding hydrogens is 328 g/mol. The Kier molecular flexibility index (Phi) is 3.58. The Balaban J connectivity index is 2.27. The van der Waals surface area contributed by atoms with Gasteiger partial charge in [-0.2, -0.15) is 0 Å². The largest absolute Gasteiger partial charge is 0.425 e. The van der Waals surface area contributed by atoms with Crippen LogP contribution in [-0.2, 0) is 4.79 Å². The molecule has 2 aromatic rings. The maximum Gasteiger partial charge on any atom is 0.308 e. The number of rotatable bonds is 1. The van der Waals surface area contributed by atoms with Gasteiger partial charge in [0.2, 0.25) is 0 Å². The minimum Gasteiger partial charge on any atom is -0.425 e. The smallest absolute Gasteiger partial charge is 0.308 e. The lowest BCUT2D eigenvalue weighted by Crippen LogP contribution is -2.04. The molecule has 0 radical (unpaired) electrons. The summed E-state index contributed by atoms with van der Waals surface area (Å²) in [4.78, 5) is 13.0. The first kappa shape index (κ1) is 16.1. The number of ether oxygens (including phenoxy) is 1. The van der Waals surface area contributed by atoms with Crippen molar-refractivity contribution in [3.8, 4) is 16.2 Å². The third kappa shape index (κ3) is 2.50. The van der Waals surface area contributed by atoms with Crippen LogP contribution in [0.25, 0.3) is 31.3 Å². The molecule has 2 aromatic carbocycles. The fraction of sp³-hybridized carbons (Fsp3) is 0.227. The first-order valence-electron chi connectivity index (χ1n) is 8.41. The summed E-state index contributed by atoms with van der Waals surface area (Å²) >= 11 is 1.77. The fourth-order valence-corrected chi connectivity index (χ4v) is 5.21. The van der Waals surface area contributed by atoms with Crippen LogP contribution in [0.4, 0.5) is 0 Å². The van der Waals surface area contributed by atoms with E-state index in [2.05, 4.69) is 58.0 Å². The zero-order chi connectivity index (χ0) is 17.9. The Bertz CT molecular complexity index is 1130. The van der Waals surface area contributed by atoms with Crippen molar-refractivity contribution in [2.75, 3.05) is 0 Å². The molecule has 0 N–H and O–H groups in total.